The molecule has 158 valence electrons. The normalized spacial score (nSPS) is 15.7. The van der Waals surface area contributed by atoms with Gasteiger partial charge in [-0.3, -0.25) is 4.68 Å². The highest BCUT2D eigenvalue weighted by molar-refractivity contribution is 14.0. The average molecular weight is 510 g/mol. The van der Waals surface area contributed by atoms with Crippen LogP contribution in [0.4, 0.5) is 5.69 Å². The Balaban J connectivity index is 0.00000300. The lowest BCUT2D eigenvalue weighted by molar-refractivity contribution is 0.0616. The molecule has 0 radical (unpaired) electrons. The lowest BCUT2D eigenvalue weighted by Gasteiger charge is -2.23. The van der Waals surface area contributed by atoms with Crippen LogP contribution in [0.1, 0.15) is 25.0 Å². The molecular weight excluding hydrogens is 479 g/mol. The summed E-state index contributed by atoms with van der Waals surface area (Å²) in [6.45, 7) is 7.41. The Hall–Kier alpha value is -2.07. The number of rotatable bonds is 7. The fourth-order valence-corrected chi connectivity index (χ4v) is 3.07. The van der Waals surface area contributed by atoms with E-state index in [9.17, 15) is 5.11 Å². The van der Waals surface area contributed by atoms with Crippen molar-refractivity contribution in [1.82, 2.24) is 20.4 Å². The number of benzene rings is 1. The molecule has 0 aliphatic carbocycles. The van der Waals surface area contributed by atoms with Crippen LogP contribution in [0.5, 0.6) is 0 Å². The summed E-state index contributed by atoms with van der Waals surface area (Å²) < 4.78 is 1.69. The van der Waals surface area contributed by atoms with Gasteiger partial charge >= 0.3 is 0 Å². The minimum atomic E-state index is -1.03. The van der Waals surface area contributed by atoms with Crippen molar-refractivity contribution < 1.29 is 5.11 Å². The summed E-state index contributed by atoms with van der Waals surface area (Å²) in [7, 11) is 1.84. The fourth-order valence-electron chi connectivity index (χ4n) is 3.07. The molecule has 8 heteroatoms. The van der Waals surface area contributed by atoms with Gasteiger partial charge in [-0.1, -0.05) is 24.3 Å². The summed E-state index contributed by atoms with van der Waals surface area (Å²) in [6.07, 6.45) is 7.88. The van der Waals surface area contributed by atoms with Crippen LogP contribution in [0.2, 0.25) is 0 Å². The first-order valence-corrected chi connectivity index (χ1v) is 9.70. The Morgan fingerprint density at radius 1 is 1.21 bits per heavy atom. The van der Waals surface area contributed by atoms with Gasteiger partial charge in [0.25, 0.3) is 0 Å². The van der Waals surface area contributed by atoms with E-state index in [1.165, 1.54) is 5.69 Å². The highest BCUT2D eigenvalue weighted by atomic mass is 127. The molecule has 1 aromatic carbocycles. The summed E-state index contributed by atoms with van der Waals surface area (Å²) in [6, 6.07) is 8.52. The second kappa shape index (κ2) is 10.6. The van der Waals surface area contributed by atoms with Crippen molar-refractivity contribution in [2.75, 3.05) is 31.1 Å². The van der Waals surface area contributed by atoms with Crippen molar-refractivity contribution in [1.29, 1.82) is 0 Å². The van der Waals surface area contributed by atoms with E-state index in [1.54, 1.807) is 17.8 Å². The van der Waals surface area contributed by atoms with Gasteiger partial charge in [0.05, 0.1) is 19.3 Å². The number of aryl methyl sites for hydroxylation is 1. The third kappa shape index (κ3) is 6.46. The number of guanidine groups is 1. The van der Waals surface area contributed by atoms with Gasteiger partial charge in [0.15, 0.2) is 5.96 Å². The van der Waals surface area contributed by atoms with Crippen LogP contribution in [0.25, 0.3) is 0 Å². The molecule has 29 heavy (non-hydrogen) atoms. The second-order valence-electron chi connectivity index (χ2n) is 7.27. The van der Waals surface area contributed by atoms with Crippen LogP contribution >= 0.6 is 24.0 Å². The van der Waals surface area contributed by atoms with Gasteiger partial charge in [0, 0.05) is 44.1 Å². The number of aromatic nitrogens is 2. The van der Waals surface area contributed by atoms with Crippen molar-refractivity contribution in [3.63, 3.8) is 0 Å². The van der Waals surface area contributed by atoms with Crippen molar-refractivity contribution >= 4 is 35.6 Å². The number of hydrogen-bond donors (Lipinski definition) is 3. The quantitative estimate of drug-likeness (QED) is 0.231. The lowest BCUT2D eigenvalue weighted by Crippen LogP contribution is -2.44. The topological polar surface area (TPSA) is 77.7 Å². The van der Waals surface area contributed by atoms with Gasteiger partial charge < -0.3 is 20.6 Å². The van der Waals surface area contributed by atoms with Gasteiger partial charge in [0.1, 0.15) is 5.60 Å². The van der Waals surface area contributed by atoms with Crippen molar-refractivity contribution in [3.05, 3.63) is 59.9 Å². The van der Waals surface area contributed by atoms with Crippen molar-refractivity contribution in [3.8, 4) is 0 Å². The molecule has 1 atom stereocenters. The van der Waals surface area contributed by atoms with E-state index < -0.39 is 5.60 Å². The number of nitrogens with one attached hydrogen (secondary N) is 2. The molecule has 0 saturated heterocycles. The molecule has 1 aliphatic heterocycles. The number of nitrogens with zero attached hydrogens (tertiary/aromatic N) is 4. The molecule has 3 N–H and O–H groups in total. The Morgan fingerprint density at radius 2 is 1.90 bits per heavy atom. The van der Waals surface area contributed by atoms with Crippen LogP contribution in [-0.4, -0.2) is 47.0 Å². The Kier molecular flexibility index (Phi) is 8.51. The van der Waals surface area contributed by atoms with E-state index >= 15 is 0 Å². The highest BCUT2D eigenvalue weighted by Crippen LogP contribution is 2.19. The fraction of sp³-hybridized carbons (Fsp3) is 0.429. The summed E-state index contributed by atoms with van der Waals surface area (Å²) in [5.74, 6) is 0.680. The van der Waals surface area contributed by atoms with E-state index in [1.807, 2.05) is 20.2 Å². The molecule has 0 bridgehead atoms. The largest absolute Gasteiger partial charge is 0.383 e. The molecule has 1 unspecified atom stereocenters. The predicted octanol–water partition coefficient (Wildman–Crippen LogP) is 2.38. The number of hydrogen-bond acceptors (Lipinski definition) is 4. The number of halogens is 1. The molecule has 1 aliphatic rings. The van der Waals surface area contributed by atoms with Crippen LogP contribution < -0.4 is 15.5 Å². The van der Waals surface area contributed by atoms with Crippen LogP contribution in [0, 0.1) is 0 Å². The van der Waals surface area contributed by atoms with Gasteiger partial charge in [0.2, 0.25) is 0 Å². The first-order chi connectivity index (χ1) is 13.5. The Labute approximate surface area is 189 Å². The van der Waals surface area contributed by atoms with Crippen LogP contribution in [0.3, 0.4) is 0 Å². The first-order valence-electron chi connectivity index (χ1n) is 9.70. The molecule has 1 aromatic heterocycles. The third-order valence-electron chi connectivity index (χ3n) is 4.81. The van der Waals surface area contributed by atoms with E-state index in [-0.39, 0.29) is 24.0 Å². The monoisotopic (exact) mass is 510 g/mol. The molecule has 0 fully saturated rings. The standard InChI is InChI=1S/C21H30N6O.HI/c1-4-22-20(24-16-21(2,28)18-14-25-26(3)15-18)23-13-17-7-9-19(10-8-17)27-11-5-6-12-27;/h5-10,14-15,28H,4,11-13,16H2,1-3H3,(H2,22,23,24);1H. The van der Waals surface area contributed by atoms with E-state index in [4.69, 9.17) is 0 Å². The first kappa shape index (κ1) is 23.2. The number of aliphatic hydroxyl groups is 1. The molecule has 2 aromatic rings. The molecule has 0 amide bonds. The third-order valence-corrected chi connectivity index (χ3v) is 4.81. The predicted molar refractivity (Wildman–Crippen MR) is 129 cm³/mol. The molecule has 0 spiro atoms. The maximum atomic E-state index is 10.7. The SMILES string of the molecule is CCNC(=NCc1ccc(N2CC=CC2)cc1)NCC(C)(O)c1cnn(C)c1.I. The molecule has 7 nitrogen and oxygen atoms in total. The Morgan fingerprint density at radius 3 is 2.48 bits per heavy atom. The summed E-state index contributed by atoms with van der Waals surface area (Å²) >= 11 is 0. The maximum Gasteiger partial charge on any atom is 0.191 e. The summed E-state index contributed by atoms with van der Waals surface area (Å²) in [5, 5.41) is 21.3. The maximum absolute atomic E-state index is 10.7. The lowest BCUT2D eigenvalue weighted by atomic mass is 10.00. The highest BCUT2D eigenvalue weighted by Gasteiger charge is 2.25. The van der Waals surface area contributed by atoms with E-state index in [2.05, 4.69) is 62.0 Å². The number of aliphatic imine (C=N–C) groups is 1. The molecule has 3 rings (SSSR count). The average Bonchev–Trinajstić information content (AvgIpc) is 3.37. The molecule has 0 saturated carbocycles. The van der Waals surface area contributed by atoms with Gasteiger partial charge in [-0.05, 0) is 31.5 Å². The van der Waals surface area contributed by atoms with Crippen molar-refractivity contribution in [2.45, 2.75) is 26.0 Å². The number of anilines is 1. The minimum absolute atomic E-state index is 0. The zero-order valence-corrected chi connectivity index (χ0v) is 19.6. The van der Waals surface area contributed by atoms with E-state index in [0.717, 1.165) is 30.8 Å². The van der Waals surface area contributed by atoms with Crippen LogP contribution in [-0.2, 0) is 19.2 Å². The minimum Gasteiger partial charge on any atom is -0.383 e. The smallest absolute Gasteiger partial charge is 0.191 e. The van der Waals surface area contributed by atoms with Gasteiger partial charge in [-0.25, -0.2) is 4.99 Å². The summed E-state index contributed by atoms with van der Waals surface area (Å²) in [5.41, 5.74) is 2.11. The van der Waals surface area contributed by atoms with Crippen molar-refractivity contribution in [2.24, 2.45) is 12.0 Å². The zero-order chi connectivity index (χ0) is 20.0. The molecule has 2 heterocycles. The molecular formula is C21H31IN6O. The summed E-state index contributed by atoms with van der Waals surface area (Å²) in [4.78, 5) is 6.97. The Bertz CT molecular complexity index is 820. The zero-order valence-electron chi connectivity index (χ0n) is 17.3. The second-order valence-corrected chi connectivity index (χ2v) is 7.27. The van der Waals surface area contributed by atoms with E-state index in [0.29, 0.717) is 19.0 Å². The van der Waals surface area contributed by atoms with Crippen LogP contribution in [0.15, 0.2) is 53.8 Å². The van der Waals surface area contributed by atoms with Gasteiger partial charge in [-0.15, -0.1) is 24.0 Å². The van der Waals surface area contributed by atoms with Gasteiger partial charge in [-0.2, -0.15) is 5.10 Å².